The highest BCUT2D eigenvalue weighted by atomic mass is 32.2. The zero-order valence-corrected chi connectivity index (χ0v) is 9.86. The fourth-order valence-electron chi connectivity index (χ4n) is 1.14. The van der Waals surface area contributed by atoms with Gasteiger partial charge in [-0.15, -0.1) is 5.10 Å². The Balaban J connectivity index is 2.80. The first-order valence-electron chi connectivity index (χ1n) is 4.71. The highest BCUT2D eigenvalue weighted by Crippen LogP contribution is 2.04. The van der Waals surface area contributed by atoms with E-state index in [-0.39, 0.29) is 23.7 Å². The summed E-state index contributed by atoms with van der Waals surface area (Å²) in [7, 11) is -3.08. The SMILES string of the molecule is CCS(=O)(=O)CCn1nnc(C(=O)O)c1C. The molecular formula is C8H13N3O4S. The fourth-order valence-corrected chi connectivity index (χ4v) is 1.88. The van der Waals surface area contributed by atoms with Crippen molar-refractivity contribution in [2.75, 3.05) is 11.5 Å². The first-order chi connectivity index (χ1) is 7.37. The molecule has 1 aromatic heterocycles. The molecule has 0 aromatic carbocycles. The number of aromatic nitrogens is 3. The lowest BCUT2D eigenvalue weighted by molar-refractivity contribution is 0.0689. The molecule has 0 amide bonds. The summed E-state index contributed by atoms with van der Waals surface area (Å²) in [6, 6.07) is 0. The van der Waals surface area contributed by atoms with Gasteiger partial charge in [0.2, 0.25) is 0 Å². The van der Waals surface area contributed by atoms with Gasteiger partial charge in [-0.2, -0.15) is 0 Å². The summed E-state index contributed by atoms with van der Waals surface area (Å²) in [4.78, 5) is 10.7. The van der Waals surface area contributed by atoms with Crippen molar-refractivity contribution in [1.82, 2.24) is 15.0 Å². The minimum Gasteiger partial charge on any atom is -0.476 e. The van der Waals surface area contributed by atoms with Gasteiger partial charge in [0.25, 0.3) is 0 Å². The third-order valence-corrected chi connectivity index (χ3v) is 3.92. The Hall–Kier alpha value is -1.44. The molecule has 0 unspecified atom stereocenters. The van der Waals surface area contributed by atoms with E-state index in [2.05, 4.69) is 10.3 Å². The molecule has 0 fully saturated rings. The Bertz CT molecular complexity index is 491. The van der Waals surface area contributed by atoms with Crippen LogP contribution in [0.2, 0.25) is 0 Å². The summed E-state index contributed by atoms with van der Waals surface area (Å²) in [6.07, 6.45) is 0. The maximum absolute atomic E-state index is 11.2. The predicted molar refractivity (Wildman–Crippen MR) is 56.0 cm³/mol. The summed E-state index contributed by atoms with van der Waals surface area (Å²) in [5.41, 5.74) is 0.215. The van der Waals surface area contributed by atoms with Crippen LogP contribution in [0.1, 0.15) is 23.1 Å². The van der Waals surface area contributed by atoms with Gasteiger partial charge in [0.15, 0.2) is 15.5 Å². The first-order valence-corrected chi connectivity index (χ1v) is 6.53. The van der Waals surface area contributed by atoms with Crippen molar-refractivity contribution in [2.24, 2.45) is 0 Å². The number of carboxylic acid groups (broad SMARTS) is 1. The molecule has 0 saturated carbocycles. The van der Waals surface area contributed by atoms with Crippen LogP contribution in [0.4, 0.5) is 0 Å². The van der Waals surface area contributed by atoms with Crippen LogP contribution in [0.15, 0.2) is 0 Å². The van der Waals surface area contributed by atoms with Crippen molar-refractivity contribution in [3.63, 3.8) is 0 Å². The van der Waals surface area contributed by atoms with Gasteiger partial charge in [0.05, 0.1) is 18.0 Å². The lowest BCUT2D eigenvalue weighted by Gasteiger charge is -2.03. The van der Waals surface area contributed by atoms with E-state index in [0.29, 0.717) is 5.69 Å². The topological polar surface area (TPSA) is 102 Å². The van der Waals surface area contributed by atoms with Crippen LogP contribution in [0.3, 0.4) is 0 Å². The number of sulfone groups is 1. The van der Waals surface area contributed by atoms with E-state index in [1.165, 1.54) is 4.68 Å². The van der Waals surface area contributed by atoms with Gasteiger partial charge in [-0.25, -0.2) is 17.9 Å². The summed E-state index contributed by atoms with van der Waals surface area (Å²) in [5.74, 6) is -1.17. The van der Waals surface area contributed by atoms with Gasteiger partial charge >= 0.3 is 5.97 Å². The van der Waals surface area contributed by atoms with E-state index in [1.54, 1.807) is 13.8 Å². The molecule has 0 bridgehead atoms. The fraction of sp³-hybridized carbons (Fsp3) is 0.625. The van der Waals surface area contributed by atoms with E-state index < -0.39 is 15.8 Å². The smallest absolute Gasteiger partial charge is 0.358 e. The highest BCUT2D eigenvalue weighted by Gasteiger charge is 2.16. The van der Waals surface area contributed by atoms with E-state index in [1.807, 2.05) is 0 Å². The molecule has 1 N–H and O–H groups in total. The van der Waals surface area contributed by atoms with Crippen molar-refractivity contribution < 1.29 is 18.3 Å². The maximum Gasteiger partial charge on any atom is 0.358 e. The highest BCUT2D eigenvalue weighted by molar-refractivity contribution is 7.91. The average molecular weight is 247 g/mol. The number of nitrogens with zero attached hydrogens (tertiary/aromatic N) is 3. The van der Waals surface area contributed by atoms with Gasteiger partial charge in [0, 0.05) is 5.75 Å². The Morgan fingerprint density at radius 1 is 1.50 bits per heavy atom. The van der Waals surface area contributed by atoms with Gasteiger partial charge in [0.1, 0.15) is 0 Å². The van der Waals surface area contributed by atoms with E-state index in [4.69, 9.17) is 5.11 Å². The quantitative estimate of drug-likeness (QED) is 0.767. The van der Waals surface area contributed by atoms with E-state index in [9.17, 15) is 13.2 Å². The molecule has 7 nitrogen and oxygen atoms in total. The Morgan fingerprint density at radius 3 is 2.56 bits per heavy atom. The van der Waals surface area contributed by atoms with Crippen LogP contribution >= 0.6 is 0 Å². The lowest BCUT2D eigenvalue weighted by Crippen LogP contribution is -2.16. The van der Waals surface area contributed by atoms with Crippen molar-refractivity contribution >= 4 is 15.8 Å². The van der Waals surface area contributed by atoms with Crippen LogP contribution in [0, 0.1) is 6.92 Å². The van der Waals surface area contributed by atoms with Crippen LogP contribution in [0.25, 0.3) is 0 Å². The van der Waals surface area contributed by atoms with Crippen LogP contribution in [-0.2, 0) is 16.4 Å². The summed E-state index contributed by atoms with van der Waals surface area (Å²) in [5, 5.41) is 15.8. The molecule has 0 radical (unpaired) electrons. The molecular weight excluding hydrogens is 234 g/mol. The molecule has 1 aromatic rings. The largest absolute Gasteiger partial charge is 0.476 e. The van der Waals surface area contributed by atoms with Crippen molar-refractivity contribution in [3.05, 3.63) is 11.4 Å². The summed E-state index contributed by atoms with van der Waals surface area (Å²) >= 11 is 0. The van der Waals surface area contributed by atoms with Gasteiger partial charge < -0.3 is 5.11 Å². The van der Waals surface area contributed by atoms with Crippen LogP contribution < -0.4 is 0 Å². The molecule has 1 heterocycles. The molecule has 0 aliphatic rings. The van der Waals surface area contributed by atoms with Crippen molar-refractivity contribution in [1.29, 1.82) is 0 Å². The molecule has 90 valence electrons. The van der Waals surface area contributed by atoms with Crippen LogP contribution in [-0.4, -0.2) is 46.0 Å². The minimum absolute atomic E-state index is 0.0620. The maximum atomic E-state index is 11.2. The number of aromatic carboxylic acids is 1. The number of aryl methyl sites for hydroxylation is 1. The Morgan fingerprint density at radius 2 is 2.12 bits per heavy atom. The van der Waals surface area contributed by atoms with E-state index in [0.717, 1.165) is 0 Å². The van der Waals surface area contributed by atoms with Crippen molar-refractivity contribution in [2.45, 2.75) is 20.4 Å². The molecule has 0 aliphatic carbocycles. The Labute approximate surface area is 93.0 Å². The number of carbonyl (C=O) groups is 1. The van der Waals surface area contributed by atoms with E-state index >= 15 is 0 Å². The third kappa shape index (κ3) is 2.78. The van der Waals surface area contributed by atoms with Gasteiger partial charge in [-0.3, -0.25) is 0 Å². The summed E-state index contributed by atoms with van der Waals surface area (Å²) < 4.78 is 23.8. The minimum atomic E-state index is -3.08. The standard InChI is InChI=1S/C8H13N3O4S/c1-3-16(14,15)5-4-11-6(2)7(8(12)13)9-10-11/h3-5H2,1-2H3,(H,12,13). The molecule has 0 saturated heterocycles. The second-order valence-corrected chi connectivity index (χ2v) is 5.76. The predicted octanol–water partition coefficient (Wildman–Crippen LogP) is -0.281. The van der Waals surface area contributed by atoms with Crippen LogP contribution in [0.5, 0.6) is 0 Å². The molecule has 0 spiro atoms. The third-order valence-electron chi connectivity index (χ3n) is 2.24. The monoisotopic (exact) mass is 247 g/mol. The molecule has 1 rings (SSSR count). The zero-order chi connectivity index (χ0) is 12.3. The number of carboxylic acids is 1. The van der Waals surface area contributed by atoms with Gasteiger partial charge in [-0.05, 0) is 6.92 Å². The lowest BCUT2D eigenvalue weighted by atomic mass is 10.3. The summed E-state index contributed by atoms with van der Waals surface area (Å²) in [6.45, 7) is 3.23. The molecule has 8 heteroatoms. The Kier molecular flexibility index (Phi) is 3.63. The number of hydrogen-bond acceptors (Lipinski definition) is 5. The van der Waals surface area contributed by atoms with Crippen molar-refractivity contribution in [3.8, 4) is 0 Å². The normalized spacial score (nSPS) is 11.6. The molecule has 16 heavy (non-hydrogen) atoms. The second kappa shape index (κ2) is 4.60. The average Bonchev–Trinajstić information content (AvgIpc) is 2.57. The molecule has 0 atom stereocenters. The molecule has 0 aliphatic heterocycles. The second-order valence-electron chi connectivity index (χ2n) is 3.29. The number of hydrogen-bond donors (Lipinski definition) is 1. The van der Waals surface area contributed by atoms with Gasteiger partial charge in [-0.1, -0.05) is 12.1 Å². The zero-order valence-electron chi connectivity index (χ0n) is 9.04. The number of rotatable bonds is 5. The first kappa shape index (κ1) is 12.6.